The van der Waals surface area contributed by atoms with Gasteiger partial charge in [-0.1, -0.05) is 0 Å². The minimum atomic E-state index is -0.251. The predicted molar refractivity (Wildman–Crippen MR) is 132 cm³/mol. The molecule has 12 heteroatoms. The van der Waals surface area contributed by atoms with Gasteiger partial charge in [-0.3, -0.25) is 14.4 Å². The van der Waals surface area contributed by atoms with Crippen molar-refractivity contribution < 1.29 is 19.4 Å². The third-order valence-electron chi connectivity index (χ3n) is 6.00. The molecule has 5 heterocycles. The SMILES string of the molecule is COc1nc2nn(C)cc2cc1NC(=O)N1CCc2c(N3C[C@@H](C)N[C@@H](C)C3)ccnc21.O=CO. The van der Waals surface area contributed by atoms with Crippen molar-refractivity contribution in [1.82, 2.24) is 25.1 Å². The van der Waals surface area contributed by atoms with Gasteiger partial charge in [-0.25, -0.2) is 9.78 Å². The van der Waals surface area contributed by atoms with Crippen molar-refractivity contribution in [3.05, 3.63) is 30.1 Å². The number of aryl methyl sites for hydroxylation is 1. The largest absolute Gasteiger partial charge is 0.483 e. The summed E-state index contributed by atoms with van der Waals surface area (Å²) in [6.45, 7) is 6.59. The van der Waals surface area contributed by atoms with Crippen LogP contribution in [0.2, 0.25) is 0 Å². The van der Waals surface area contributed by atoms with E-state index in [1.165, 1.54) is 12.8 Å². The standard InChI is InChI=1S/C22H28N8O2.CH2O2/c1-13-10-29(11-14(2)24-13)18-5-7-23-20-16(18)6-8-30(20)22(31)25-17-9-15-12-28(3)27-19(15)26-21(17)32-4;2-1-3/h5,7,9,12-14,24H,6,8,10-11H2,1-4H3,(H,25,31);1H,(H,2,3)/t13-,14+;. The highest BCUT2D eigenvalue weighted by atomic mass is 16.5. The normalized spacial score (nSPS) is 19.1. The van der Waals surface area contributed by atoms with Gasteiger partial charge >= 0.3 is 6.03 Å². The monoisotopic (exact) mass is 482 g/mol. The fraction of sp³-hybridized carbons (Fsp3) is 0.435. The van der Waals surface area contributed by atoms with Gasteiger partial charge in [-0.15, -0.1) is 0 Å². The van der Waals surface area contributed by atoms with Crippen LogP contribution >= 0.6 is 0 Å². The van der Waals surface area contributed by atoms with Crippen molar-refractivity contribution in [3.63, 3.8) is 0 Å². The number of methoxy groups -OCH3 is 1. The Balaban J connectivity index is 0.000000917. The quantitative estimate of drug-likeness (QED) is 0.478. The van der Waals surface area contributed by atoms with E-state index in [1.54, 1.807) is 15.8 Å². The lowest BCUT2D eigenvalue weighted by atomic mass is 10.1. The second-order valence-electron chi connectivity index (χ2n) is 8.70. The summed E-state index contributed by atoms with van der Waals surface area (Å²) in [6, 6.07) is 4.46. The van der Waals surface area contributed by atoms with Crippen molar-refractivity contribution in [2.45, 2.75) is 32.4 Å². The van der Waals surface area contributed by atoms with Crippen LogP contribution < -0.4 is 25.2 Å². The van der Waals surface area contributed by atoms with Gasteiger partial charge in [0.25, 0.3) is 6.47 Å². The highest BCUT2D eigenvalue weighted by Gasteiger charge is 2.32. The second-order valence-corrected chi connectivity index (χ2v) is 8.70. The van der Waals surface area contributed by atoms with Crippen molar-refractivity contribution in [1.29, 1.82) is 0 Å². The van der Waals surface area contributed by atoms with Gasteiger partial charge in [0.05, 0.1) is 7.11 Å². The zero-order valence-corrected chi connectivity index (χ0v) is 20.2. The van der Waals surface area contributed by atoms with Crippen LogP contribution in [0.3, 0.4) is 0 Å². The van der Waals surface area contributed by atoms with Crippen molar-refractivity contribution in [2.24, 2.45) is 7.05 Å². The van der Waals surface area contributed by atoms with E-state index in [4.69, 9.17) is 14.6 Å². The van der Waals surface area contributed by atoms with Crippen LogP contribution in [-0.4, -0.2) is 76.2 Å². The van der Waals surface area contributed by atoms with E-state index in [9.17, 15) is 4.79 Å². The summed E-state index contributed by atoms with van der Waals surface area (Å²) in [7, 11) is 3.36. The molecule has 2 aliphatic rings. The first kappa shape index (κ1) is 24.2. The second kappa shape index (κ2) is 10.1. The van der Waals surface area contributed by atoms with Crippen LogP contribution in [0.15, 0.2) is 24.5 Å². The summed E-state index contributed by atoms with van der Waals surface area (Å²) in [5.41, 5.74) is 3.37. The van der Waals surface area contributed by atoms with Crippen LogP contribution in [0, 0.1) is 0 Å². The summed E-state index contributed by atoms with van der Waals surface area (Å²) in [5.74, 6) is 1.04. The molecule has 1 fully saturated rings. The minimum absolute atomic E-state index is 0.250. The molecule has 1 saturated heterocycles. The Morgan fingerprint density at radius 1 is 1.31 bits per heavy atom. The number of carboxylic acid groups (broad SMARTS) is 1. The molecule has 2 amide bonds. The number of urea groups is 1. The lowest BCUT2D eigenvalue weighted by molar-refractivity contribution is -0.122. The summed E-state index contributed by atoms with van der Waals surface area (Å²) in [4.78, 5) is 34.6. The number of carbonyl (C=O) groups excluding carboxylic acids is 1. The van der Waals surface area contributed by atoms with Crippen LogP contribution in [-0.2, 0) is 18.3 Å². The Morgan fingerprint density at radius 3 is 2.71 bits per heavy atom. The first-order valence-corrected chi connectivity index (χ1v) is 11.4. The minimum Gasteiger partial charge on any atom is -0.483 e. The van der Waals surface area contributed by atoms with E-state index >= 15 is 0 Å². The zero-order valence-electron chi connectivity index (χ0n) is 20.2. The molecule has 0 bridgehead atoms. The zero-order chi connectivity index (χ0) is 25.1. The molecule has 0 spiro atoms. The molecule has 5 rings (SSSR count). The molecule has 0 aliphatic carbocycles. The topological polar surface area (TPSA) is 138 Å². The Kier molecular flexibility index (Phi) is 7.01. The van der Waals surface area contributed by atoms with Gasteiger partial charge < -0.3 is 25.4 Å². The van der Waals surface area contributed by atoms with Crippen LogP contribution in [0.1, 0.15) is 19.4 Å². The Labute approximate surface area is 202 Å². The molecule has 3 aromatic rings. The van der Waals surface area contributed by atoms with Gasteiger partial charge in [0.2, 0.25) is 5.88 Å². The number of ether oxygens (including phenoxy) is 1. The molecule has 0 radical (unpaired) electrons. The maximum absolute atomic E-state index is 13.2. The lowest BCUT2D eigenvalue weighted by Crippen LogP contribution is -2.54. The van der Waals surface area contributed by atoms with Crippen LogP contribution in [0.25, 0.3) is 11.0 Å². The fourth-order valence-corrected chi connectivity index (χ4v) is 4.78. The molecule has 3 N–H and O–H groups in total. The summed E-state index contributed by atoms with van der Waals surface area (Å²) < 4.78 is 7.08. The van der Waals surface area contributed by atoms with Gasteiger partial charge in [0.15, 0.2) is 5.65 Å². The average molecular weight is 483 g/mol. The average Bonchev–Trinajstić information content (AvgIpc) is 3.40. The maximum Gasteiger partial charge on any atom is 0.327 e. The van der Waals surface area contributed by atoms with Crippen molar-refractivity contribution in [3.8, 4) is 5.88 Å². The maximum atomic E-state index is 13.2. The molecular weight excluding hydrogens is 452 g/mol. The Bertz CT molecular complexity index is 1220. The molecule has 35 heavy (non-hydrogen) atoms. The van der Waals surface area contributed by atoms with Gasteiger partial charge in [-0.05, 0) is 32.4 Å². The van der Waals surface area contributed by atoms with E-state index in [2.05, 4.69) is 50.5 Å². The van der Waals surface area contributed by atoms with Gasteiger partial charge in [0.1, 0.15) is 11.5 Å². The number of amides is 2. The molecule has 3 aromatic heterocycles. The molecule has 186 valence electrons. The molecule has 2 atom stereocenters. The van der Waals surface area contributed by atoms with Crippen LogP contribution in [0.5, 0.6) is 5.88 Å². The number of aromatic nitrogens is 4. The number of carbonyl (C=O) groups is 2. The third-order valence-corrected chi connectivity index (χ3v) is 6.00. The van der Waals surface area contributed by atoms with Gasteiger partial charge in [0, 0.05) is 67.8 Å². The third kappa shape index (κ3) is 4.97. The number of piperazine rings is 1. The predicted octanol–water partition coefficient (Wildman–Crippen LogP) is 1.85. The first-order chi connectivity index (χ1) is 16.8. The lowest BCUT2D eigenvalue weighted by Gasteiger charge is -2.38. The fourth-order valence-electron chi connectivity index (χ4n) is 4.78. The number of pyridine rings is 2. The molecule has 0 saturated carbocycles. The Hall–Kier alpha value is -3.93. The number of hydrogen-bond acceptors (Lipinski definition) is 8. The van der Waals surface area contributed by atoms with Crippen molar-refractivity contribution in [2.75, 3.05) is 41.9 Å². The molecule has 0 unspecified atom stereocenters. The smallest absolute Gasteiger partial charge is 0.327 e. The number of nitrogens with one attached hydrogen (secondary N) is 2. The van der Waals surface area contributed by atoms with E-state index in [-0.39, 0.29) is 12.5 Å². The van der Waals surface area contributed by atoms with Crippen molar-refractivity contribution >= 4 is 40.7 Å². The molecule has 0 aromatic carbocycles. The summed E-state index contributed by atoms with van der Waals surface area (Å²) in [5, 5.41) is 18.5. The first-order valence-electron chi connectivity index (χ1n) is 11.4. The Morgan fingerprint density at radius 2 is 2.03 bits per heavy atom. The number of nitrogens with zero attached hydrogens (tertiary/aromatic N) is 6. The number of fused-ring (bicyclic) bond motifs is 2. The van der Waals surface area contributed by atoms with E-state index in [1.807, 2.05) is 19.3 Å². The number of rotatable bonds is 3. The summed E-state index contributed by atoms with van der Waals surface area (Å²) in [6.07, 6.45) is 4.42. The van der Waals surface area contributed by atoms with E-state index in [0.717, 1.165) is 30.5 Å². The number of anilines is 3. The number of hydrogen-bond donors (Lipinski definition) is 3. The van der Waals surface area contributed by atoms with Gasteiger partial charge in [-0.2, -0.15) is 10.1 Å². The van der Waals surface area contributed by atoms with E-state index in [0.29, 0.717) is 41.7 Å². The van der Waals surface area contributed by atoms with E-state index < -0.39 is 0 Å². The highest BCUT2D eigenvalue weighted by molar-refractivity contribution is 6.04. The highest BCUT2D eigenvalue weighted by Crippen LogP contribution is 2.35. The molecular formula is C23H30N8O4. The van der Waals surface area contributed by atoms with Crippen LogP contribution in [0.4, 0.5) is 22.0 Å². The molecule has 2 aliphatic heterocycles. The molecule has 12 nitrogen and oxygen atoms in total. The summed E-state index contributed by atoms with van der Waals surface area (Å²) >= 11 is 0.